The predicted octanol–water partition coefficient (Wildman–Crippen LogP) is 5.60. The van der Waals surface area contributed by atoms with Crippen LogP contribution in [0.5, 0.6) is 0 Å². The van der Waals surface area contributed by atoms with Crippen molar-refractivity contribution in [2.24, 2.45) is 5.92 Å². The average molecular weight is 727 g/mol. The topological polar surface area (TPSA) is 102 Å². The van der Waals surface area contributed by atoms with Gasteiger partial charge in [0.15, 0.2) is 14.1 Å². The lowest BCUT2D eigenvalue weighted by atomic mass is 9.80. The van der Waals surface area contributed by atoms with E-state index in [-0.39, 0.29) is 36.0 Å². The number of carbonyl (C=O) groups is 4. The van der Waals surface area contributed by atoms with Crippen LogP contribution in [0.4, 0.5) is 0 Å². The number of hydrogen-bond donors (Lipinski definition) is 1. The van der Waals surface area contributed by atoms with Gasteiger partial charge in [0.25, 0.3) is 5.91 Å². The molecule has 4 aromatic rings. The number of ketones is 1. The van der Waals surface area contributed by atoms with E-state index in [1.54, 1.807) is 11.4 Å². The Balaban J connectivity index is 1.82. The first-order chi connectivity index (χ1) is 23.9. The molecule has 1 aliphatic rings. The Morgan fingerprint density at radius 2 is 1.46 bits per heavy atom. The number of hydrogen-bond acceptors (Lipinski definition) is 7. The molecule has 50 heavy (non-hydrogen) atoms. The van der Waals surface area contributed by atoms with Gasteiger partial charge in [0, 0.05) is 31.3 Å². The van der Waals surface area contributed by atoms with Crippen molar-refractivity contribution in [3.8, 4) is 0 Å². The van der Waals surface area contributed by atoms with E-state index in [9.17, 15) is 19.2 Å². The number of benzene rings is 3. The van der Waals surface area contributed by atoms with Crippen LogP contribution in [0.1, 0.15) is 33.4 Å². The monoisotopic (exact) mass is 726 g/mol. The second kappa shape index (κ2) is 15.7. The summed E-state index contributed by atoms with van der Waals surface area (Å²) in [6.07, 6.45) is 0.890. The summed E-state index contributed by atoms with van der Waals surface area (Å²) >= 11 is 1.18. The summed E-state index contributed by atoms with van der Waals surface area (Å²) in [6.45, 7) is 8.55. The van der Waals surface area contributed by atoms with Gasteiger partial charge in [-0.2, -0.15) is 0 Å². The number of thiophene rings is 1. The third-order valence-electron chi connectivity index (χ3n) is 8.57. The summed E-state index contributed by atoms with van der Waals surface area (Å²) in [7, 11) is -0.588. The van der Waals surface area contributed by atoms with Crippen LogP contribution in [0.3, 0.4) is 0 Å². The van der Waals surface area contributed by atoms with Crippen molar-refractivity contribution >= 4 is 71.4 Å². The number of likely N-dealkylation sites (tertiary alicyclic amines) is 1. The molecule has 1 aliphatic heterocycles. The van der Waals surface area contributed by atoms with E-state index in [1.807, 2.05) is 97.9 Å². The highest BCUT2D eigenvalue weighted by Gasteiger charge is 2.56. The van der Waals surface area contributed by atoms with Gasteiger partial charge >= 0.3 is 5.97 Å². The SMILES string of the molecule is C=CCOC(=O)C(N1C(=O)C(C(C)O[Si](C)(C)C)C1CC(=O)c1csc(C(=O)NC)c1)=P(c1ccccc1)(c1ccccc1)c1ccccc1. The maximum Gasteiger partial charge on any atom is 0.356 e. The fraction of sp³-hybridized carbons (Fsp3) is 0.256. The second-order valence-electron chi connectivity index (χ2n) is 13.0. The molecular formula is C39H43N2O6PSSi. The molecule has 2 amide bonds. The first-order valence-corrected chi connectivity index (χ1v) is 22.6. The highest BCUT2D eigenvalue weighted by Crippen LogP contribution is 2.50. The molecule has 0 aliphatic carbocycles. The van der Waals surface area contributed by atoms with Gasteiger partial charge in [0.1, 0.15) is 12.0 Å². The molecule has 0 saturated carbocycles. The molecule has 0 radical (unpaired) electrons. The van der Waals surface area contributed by atoms with E-state index in [0.29, 0.717) is 10.4 Å². The lowest BCUT2D eigenvalue weighted by molar-refractivity contribution is -0.156. The van der Waals surface area contributed by atoms with Crippen molar-refractivity contribution in [1.82, 2.24) is 10.2 Å². The van der Waals surface area contributed by atoms with Crippen molar-refractivity contribution < 1.29 is 28.3 Å². The van der Waals surface area contributed by atoms with E-state index in [1.165, 1.54) is 29.4 Å². The number of β-lactam (4-membered cyclic amide) rings is 1. The van der Waals surface area contributed by atoms with Gasteiger partial charge in [-0.1, -0.05) is 104 Å². The number of amides is 2. The normalized spacial score (nSPS) is 16.6. The van der Waals surface area contributed by atoms with Gasteiger partial charge in [-0.05, 0) is 48.5 Å². The largest absolute Gasteiger partial charge is 0.457 e. The number of nitrogens with one attached hydrogen (secondary N) is 1. The Labute approximate surface area is 299 Å². The van der Waals surface area contributed by atoms with Gasteiger partial charge in [0.05, 0.1) is 22.9 Å². The van der Waals surface area contributed by atoms with E-state index in [4.69, 9.17) is 9.16 Å². The number of rotatable bonds is 14. The molecule has 260 valence electrons. The number of nitrogens with zero attached hydrogens (tertiary/aromatic N) is 1. The molecule has 3 unspecified atom stereocenters. The fourth-order valence-corrected chi connectivity index (χ4v) is 13.1. The van der Waals surface area contributed by atoms with Crippen LogP contribution >= 0.6 is 18.2 Å². The Morgan fingerprint density at radius 1 is 0.940 bits per heavy atom. The summed E-state index contributed by atoms with van der Waals surface area (Å²) in [5, 5.41) is 6.81. The van der Waals surface area contributed by atoms with E-state index >= 15 is 0 Å². The molecule has 2 heterocycles. The third kappa shape index (κ3) is 7.39. The quantitative estimate of drug-likeness (QED) is 0.0454. The van der Waals surface area contributed by atoms with Crippen LogP contribution in [-0.2, 0) is 18.8 Å². The maximum atomic E-state index is 14.8. The van der Waals surface area contributed by atoms with E-state index in [2.05, 4.69) is 31.5 Å². The van der Waals surface area contributed by atoms with Crippen molar-refractivity contribution in [2.45, 2.75) is 45.1 Å². The number of Topliss-reactive ketones (excluding diaryl/α,β-unsaturated/α-hetero) is 1. The van der Waals surface area contributed by atoms with Gasteiger partial charge in [-0.25, -0.2) is 4.79 Å². The molecule has 1 aromatic heterocycles. The molecule has 0 bridgehead atoms. The van der Waals surface area contributed by atoms with E-state index in [0.717, 1.165) is 15.9 Å². The number of carbonyl (C=O) groups excluding carboxylic acids is 4. The lowest BCUT2D eigenvalue weighted by Crippen LogP contribution is -2.69. The minimum absolute atomic E-state index is 0.0674. The molecule has 3 atom stereocenters. The Bertz CT molecular complexity index is 1820. The predicted molar refractivity (Wildman–Crippen MR) is 206 cm³/mol. The molecule has 0 spiro atoms. The minimum atomic E-state index is -3.16. The maximum absolute atomic E-state index is 14.8. The molecule has 1 saturated heterocycles. The highest BCUT2D eigenvalue weighted by molar-refractivity contribution is 7.96. The first-order valence-electron chi connectivity index (χ1n) is 16.5. The Kier molecular flexibility index (Phi) is 11.6. The van der Waals surface area contributed by atoms with Crippen molar-refractivity contribution in [3.05, 3.63) is 126 Å². The molecule has 3 aromatic carbocycles. The summed E-state index contributed by atoms with van der Waals surface area (Å²) in [5.74, 6) is -2.19. The number of ether oxygens (including phenoxy) is 1. The smallest absolute Gasteiger partial charge is 0.356 e. The average Bonchev–Trinajstić information content (AvgIpc) is 3.61. The zero-order chi connectivity index (χ0) is 36.1. The molecule has 1 N–H and O–H groups in total. The van der Waals surface area contributed by atoms with Crippen molar-refractivity contribution in [1.29, 1.82) is 0 Å². The van der Waals surface area contributed by atoms with Crippen LogP contribution < -0.4 is 21.2 Å². The van der Waals surface area contributed by atoms with Crippen LogP contribution in [0.2, 0.25) is 19.6 Å². The van der Waals surface area contributed by atoms with Gasteiger partial charge in [0.2, 0.25) is 5.91 Å². The Morgan fingerprint density at radius 3 is 1.92 bits per heavy atom. The zero-order valence-electron chi connectivity index (χ0n) is 29.0. The molecular weight excluding hydrogens is 684 g/mol. The fourth-order valence-electron chi connectivity index (χ4n) is 6.59. The zero-order valence-corrected chi connectivity index (χ0v) is 31.7. The number of esters is 1. The van der Waals surface area contributed by atoms with Crippen LogP contribution in [0, 0.1) is 5.92 Å². The highest BCUT2D eigenvalue weighted by atomic mass is 32.1. The summed E-state index contributed by atoms with van der Waals surface area (Å²) in [4.78, 5) is 57.9. The van der Waals surface area contributed by atoms with Crippen LogP contribution in [0.15, 0.2) is 115 Å². The van der Waals surface area contributed by atoms with Crippen LogP contribution in [-0.4, -0.2) is 68.0 Å². The summed E-state index contributed by atoms with van der Waals surface area (Å²) < 4.78 is 12.3. The first kappa shape index (κ1) is 36.9. The Hall–Kier alpha value is -4.34. The molecule has 1 fully saturated rings. The summed E-state index contributed by atoms with van der Waals surface area (Å²) in [5.41, 5.74) is 0.565. The third-order valence-corrected chi connectivity index (χ3v) is 14.8. The summed E-state index contributed by atoms with van der Waals surface area (Å²) in [6, 6.07) is 30.1. The minimum Gasteiger partial charge on any atom is -0.457 e. The second-order valence-corrected chi connectivity index (χ2v) is 21.7. The van der Waals surface area contributed by atoms with Crippen molar-refractivity contribution in [3.63, 3.8) is 0 Å². The molecule has 11 heteroatoms. The molecule has 8 nitrogen and oxygen atoms in total. The van der Waals surface area contributed by atoms with Gasteiger partial charge in [-0.15, -0.1) is 11.3 Å². The standard InChI is InChI=1S/C39H43N2O6PSSi/c1-7-23-46-39(45)38(48(29-17-11-8-12-18-29,30-19-13-9-14-20-30)31-21-15-10-16-22-31)41-32(35(37(41)44)27(2)47-50(4,5)6)25-33(42)28-24-34(49-26-28)36(43)40-3/h7-22,24,26-27,32,35H,1,23,25H2,2-6H3,(H,40,43). The van der Waals surface area contributed by atoms with Gasteiger partial charge in [-0.3, -0.25) is 14.4 Å². The van der Waals surface area contributed by atoms with E-state index < -0.39 is 39.2 Å². The molecule has 5 rings (SSSR count). The van der Waals surface area contributed by atoms with Gasteiger partial charge < -0.3 is 19.4 Å². The lowest BCUT2D eigenvalue weighted by Gasteiger charge is -2.52. The van der Waals surface area contributed by atoms with Crippen LogP contribution in [0.25, 0.3) is 0 Å². The van der Waals surface area contributed by atoms with Crippen molar-refractivity contribution in [2.75, 3.05) is 13.7 Å².